The summed E-state index contributed by atoms with van der Waals surface area (Å²) in [6, 6.07) is 7.10. The van der Waals surface area contributed by atoms with Gasteiger partial charge in [-0.1, -0.05) is 26.0 Å². The molecule has 0 radical (unpaired) electrons. The Bertz CT molecular complexity index is 1130. The van der Waals surface area contributed by atoms with Crippen LogP contribution in [0.2, 0.25) is 0 Å². The van der Waals surface area contributed by atoms with Crippen LogP contribution >= 0.6 is 0 Å². The Balaban J connectivity index is 1.87. The van der Waals surface area contributed by atoms with Crippen molar-refractivity contribution in [1.29, 1.82) is 0 Å². The van der Waals surface area contributed by atoms with E-state index in [0.29, 0.717) is 10.8 Å². The Hall–Kier alpha value is -3.14. The fraction of sp³-hybridized carbons (Fsp3) is 0.458. The minimum Gasteiger partial charge on any atom is -0.464 e. The molecule has 10 heteroatoms. The second kappa shape index (κ2) is 10.4. The zero-order valence-electron chi connectivity index (χ0n) is 20.2. The molecule has 1 aromatic carbocycles. The zero-order chi connectivity index (χ0) is 25.0. The van der Waals surface area contributed by atoms with Gasteiger partial charge in [0.05, 0.1) is 35.2 Å². The number of hydrogen-bond donors (Lipinski definition) is 1. The van der Waals surface area contributed by atoms with Crippen molar-refractivity contribution >= 4 is 33.3 Å². The summed E-state index contributed by atoms with van der Waals surface area (Å²) in [5.41, 5.74) is 2.87. The van der Waals surface area contributed by atoms with Gasteiger partial charge < -0.3 is 15.0 Å². The van der Waals surface area contributed by atoms with Crippen molar-refractivity contribution in [1.82, 2.24) is 9.29 Å². The smallest absolute Gasteiger partial charge is 0.330 e. The van der Waals surface area contributed by atoms with Gasteiger partial charge in [0.25, 0.3) is 10.0 Å². The number of esters is 1. The number of nitrogens with one attached hydrogen (secondary N) is 1. The molecule has 1 amide bonds. The number of anilines is 2. The lowest BCUT2D eigenvalue weighted by Gasteiger charge is -2.29. The third kappa shape index (κ3) is 5.32. The summed E-state index contributed by atoms with van der Waals surface area (Å²) in [6.45, 7) is 9.18. The molecule has 0 bridgehead atoms. The number of carbonyl (C=O) groups is 2. The van der Waals surface area contributed by atoms with Crippen molar-refractivity contribution in [2.75, 3.05) is 16.8 Å². The van der Waals surface area contributed by atoms with E-state index in [1.165, 1.54) is 12.1 Å². The van der Waals surface area contributed by atoms with Crippen LogP contribution < -0.4 is 10.2 Å². The summed E-state index contributed by atoms with van der Waals surface area (Å²) in [4.78, 5) is 31.3. The summed E-state index contributed by atoms with van der Waals surface area (Å²) in [7, 11) is -4.26. The molecule has 1 aromatic heterocycles. The Morgan fingerprint density at radius 1 is 1.21 bits per heavy atom. The first kappa shape index (κ1) is 25.5. The van der Waals surface area contributed by atoms with Gasteiger partial charge in [-0.15, -0.1) is 0 Å². The van der Waals surface area contributed by atoms with Gasteiger partial charge in [0.1, 0.15) is 6.04 Å². The Kier molecular flexibility index (Phi) is 7.81. The van der Waals surface area contributed by atoms with E-state index >= 15 is 0 Å². The third-order valence-electron chi connectivity index (χ3n) is 5.62. The van der Waals surface area contributed by atoms with E-state index in [1.807, 2.05) is 26.8 Å². The number of benzene rings is 1. The molecule has 184 valence electrons. The van der Waals surface area contributed by atoms with E-state index < -0.39 is 27.9 Å². The van der Waals surface area contributed by atoms with E-state index in [1.54, 1.807) is 31.5 Å². The molecule has 0 saturated heterocycles. The number of aromatic nitrogens is 1. The lowest BCUT2D eigenvalue weighted by Crippen LogP contribution is -2.48. The first-order valence-corrected chi connectivity index (χ1v) is 12.8. The molecule has 0 aliphatic carbocycles. The Labute approximate surface area is 201 Å². The summed E-state index contributed by atoms with van der Waals surface area (Å²) >= 11 is 0. The highest BCUT2D eigenvalue weighted by Crippen LogP contribution is 2.34. The number of ether oxygens (including phenoxy) is 1. The highest BCUT2D eigenvalue weighted by atomic mass is 32.2. The van der Waals surface area contributed by atoms with Crippen LogP contribution in [-0.2, 0) is 30.9 Å². The molecule has 2 aromatic rings. The normalized spacial score (nSPS) is 16.1. The van der Waals surface area contributed by atoms with E-state index in [-0.39, 0.29) is 30.0 Å². The first-order chi connectivity index (χ1) is 16.1. The van der Waals surface area contributed by atoms with Crippen molar-refractivity contribution in [2.24, 2.45) is 5.92 Å². The highest BCUT2D eigenvalue weighted by molar-refractivity contribution is 7.89. The van der Waals surface area contributed by atoms with E-state index in [9.17, 15) is 18.0 Å². The number of fused-ring (bicyclic) bond motifs is 1. The van der Waals surface area contributed by atoms with E-state index in [4.69, 9.17) is 4.74 Å². The molecular weight excluding hydrogens is 456 g/mol. The van der Waals surface area contributed by atoms with Crippen LogP contribution in [0.5, 0.6) is 0 Å². The summed E-state index contributed by atoms with van der Waals surface area (Å²) in [5.74, 6) is -1.48. The monoisotopic (exact) mass is 488 g/mol. The van der Waals surface area contributed by atoms with Crippen LogP contribution in [0, 0.1) is 5.92 Å². The number of sulfonamides is 1. The molecule has 0 fully saturated rings. The van der Waals surface area contributed by atoms with Crippen molar-refractivity contribution in [3.63, 3.8) is 0 Å². The topological polar surface area (TPSA) is 109 Å². The maximum absolute atomic E-state index is 13.4. The molecule has 3 rings (SSSR count). The average Bonchev–Trinajstić information content (AvgIpc) is 3.08. The zero-order valence-corrected chi connectivity index (χ0v) is 21.0. The number of hydrogen-bond acceptors (Lipinski definition) is 8. The van der Waals surface area contributed by atoms with Crippen LogP contribution in [0.1, 0.15) is 46.6 Å². The standard InChI is InChI=1S/C24H32N4O5S/c1-6-33-24(30)23(13-16(2)3)28(18(5)29)34(31,32)20-9-7-19(8-10-20)15-27-17(4)26-21-14-25-12-11-22(21)27/h7-12,14,16-17,23,26H,6,13,15H2,1-5H3/t17?,23-/m0/s1. The highest BCUT2D eigenvalue weighted by Gasteiger charge is 2.39. The number of rotatable bonds is 9. The molecule has 1 N–H and O–H groups in total. The summed E-state index contributed by atoms with van der Waals surface area (Å²) < 4.78 is 32.6. The minimum absolute atomic E-state index is 0.0250. The molecule has 2 atom stereocenters. The molecule has 0 saturated carbocycles. The maximum Gasteiger partial charge on any atom is 0.330 e. The summed E-state index contributed by atoms with van der Waals surface area (Å²) in [5, 5.41) is 3.36. The average molecular weight is 489 g/mol. The van der Waals surface area contributed by atoms with Crippen molar-refractivity contribution in [3.05, 3.63) is 48.3 Å². The molecule has 1 aliphatic heterocycles. The lowest BCUT2D eigenvalue weighted by molar-refractivity contribution is -0.151. The van der Waals surface area contributed by atoms with E-state index in [0.717, 1.165) is 23.9 Å². The van der Waals surface area contributed by atoms with Crippen LogP contribution in [0.4, 0.5) is 11.4 Å². The second-order valence-corrected chi connectivity index (χ2v) is 10.5. The van der Waals surface area contributed by atoms with Crippen LogP contribution in [0.15, 0.2) is 47.6 Å². The number of nitrogens with zero attached hydrogens (tertiary/aromatic N) is 3. The van der Waals surface area contributed by atoms with Crippen LogP contribution in [0.3, 0.4) is 0 Å². The Morgan fingerprint density at radius 2 is 1.88 bits per heavy atom. The third-order valence-corrected chi connectivity index (χ3v) is 7.52. The Morgan fingerprint density at radius 3 is 2.47 bits per heavy atom. The fourth-order valence-corrected chi connectivity index (χ4v) is 5.64. The number of amides is 1. The van der Waals surface area contributed by atoms with Gasteiger partial charge >= 0.3 is 5.97 Å². The van der Waals surface area contributed by atoms with Gasteiger partial charge in [-0.25, -0.2) is 17.5 Å². The van der Waals surface area contributed by atoms with Crippen molar-refractivity contribution in [2.45, 2.75) is 64.7 Å². The second-order valence-electron chi connectivity index (χ2n) is 8.70. The van der Waals surface area contributed by atoms with Crippen molar-refractivity contribution < 1.29 is 22.7 Å². The van der Waals surface area contributed by atoms with Crippen molar-refractivity contribution in [3.8, 4) is 0 Å². The van der Waals surface area contributed by atoms with Gasteiger partial charge in [-0.05, 0) is 49.9 Å². The molecular formula is C24H32N4O5S. The quantitative estimate of drug-likeness (QED) is 0.535. The molecule has 0 spiro atoms. The van der Waals surface area contributed by atoms with Gasteiger partial charge in [-0.2, -0.15) is 0 Å². The maximum atomic E-state index is 13.4. The minimum atomic E-state index is -4.26. The van der Waals surface area contributed by atoms with Crippen LogP contribution in [0.25, 0.3) is 0 Å². The summed E-state index contributed by atoms with van der Waals surface area (Å²) in [6.07, 6.45) is 3.73. The molecule has 1 aliphatic rings. The molecule has 9 nitrogen and oxygen atoms in total. The number of carbonyl (C=O) groups excluding carboxylic acids is 2. The van der Waals surface area contributed by atoms with E-state index in [2.05, 4.69) is 15.2 Å². The number of pyridine rings is 1. The fourth-order valence-electron chi connectivity index (χ4n) is 4.09. The lowest BCUT2D eigenvalue weighted by atomic mass is 10.0. The molecule has 34 heavy (non-hydrogen) atoms. The van der Waals surface area contributed by atoms with Gasteiger partial charge in [0, 0.05) is 19.7 Å². The largest absolute Gasteiger partial charge is 0.464 e. The molecule has 1 unspecified atom stereocenters. The van der Waals surface area contributed by atoms with Gasteiger partial charge in [0.2, 0.25) is 5.91 Å². The molecule has 2 heterocycles. The van der Waals surface area contributed by atoms with Crippen LogP contribution in [-0.4, -0.2) is 48.4 Å². The van der Waals surface area contributed by atoms with Gasteiger partial charge in [0.15, 0.2) is 0 Å². The first-order valence-electron chi connectivity index (χ1n) is 11.3. The predicted molar refractivity (Wildman–Crippen MR) is 130 cm³/mol. The van der Waals surface area contributed by atoms with Gasteiger partial charge in [-0.3, -0.25) is 9.78 Å². The SMILES string of the molecule is CCOC(=O)[C@H](CC(C)C)N(C(C)=O)S(=O)(=O)c1ccc(CN2c3ccncc3NC2C)cc1. The predicted octanol–water partition coefficient (Wildman–Crippen LogP) is 3.37.